The van der Waals surface area contributed by atoms with Crippen LogP contribution in [0, 0.1) is 13.8 Å². The van der Waals surface area contributed by atoms with Gasteiger partial charge in [-0.15, -0.1) is 0 Å². The van der Waals surface area contributed by atoms with Crippen molar-refractivity contribution in [1.82, 2.24) is 4.57 Å². The summed E-state index contributed by atoms with van der Waals surface area (Å²) in [6, 6.07) is 9.57. The predicted octanol–water partition coefficient (Wildman–Crippen LogP) is 4.02. The van der Waals surface area contributed by atoms with Crippen LogP contribution >= 0.6 is 0 Å². The maximum atomic E-state index is 12.1. The molecule has 1 aliphatic rings. The molecule has 1 N–H and O–H groups in total. The summed E-state index contributed by atoms with van der Waals surface area (Å²) in [4.78, 5) is 17.2. The lowest BCUT2D eigenvalue weighted by Crippen LogP contribution is -2.13. The van der Waals surface area contributed by atoms with Crippen molar-refractivity contribution in [2.45, 2.75) is 32.6 Å². The van der Waals surface area contributed by atoms with E-state index < -0.39 is 16.8 Å². The van der Waals surface area contributed by atoms with Crippen molar-refractivity contribution < 1.29 is 18.8 Å². The second kappa shape index (κ2) is 8.21. The fourth-order valence-corrected chi connectivity index (χ4v) is 3.92. The summed E-state index contributed by atoms with van der Waals surface area (Å²) >= 11 is 0. The van der Waals surface area contributed by atoms with Crippen LogP contribution in [0.5, 0.6) is 0 Å². The number of benzene rings is 1. The summed E-state index contributed by atoms with van der Waals surface area (Å²) in [5, 5.41) is 10.5. The molecule has 0 spiro atoms. The number of ether oxygens (including phenoxy) is 1. The smallest absolute Gasteiger partial charge is 0.343 e. The van der Waals surface area contributed by atoms with Gasteiger partial charge in [0.15, 0.2) is 5.76 Å². The molecule has 152 valence electrons. The lowest BCUT2D eigenvalue weighted by atomic mass is 10.1. The number of aryl methyl sites for hydroxylation is 1. The standard InChI is InChI=1S/C22H24N2O4S/c1-6-28-22(26)20-14(3)23-19(21(20)25)12-16-11-13(2)24(15(16)4)17-7-9-18(10-8-17)29(5)27/h7-12,25H,6H2,1-5H3/b19-12+. The molecule has 0 radical (unpaired) electrons. The number of hydrogen-bond donors (Lipinski definition) is 1. The van der Waals surface area contributed by atoms with E-state index in [0.29, 0.717) is 11.4 Å². The van der Waals surface area contributed by atoms with Crippen LogP contribution in [-0.2, 0) is 20.3 Å². The minimum absolute atomic E-state index is 0.107. The quantitative estimate of drug-likeness (QED) is 0.752. The monoisotopic (exact) mass is 412 g/mol. The van der Waals surface area contributed by atoms with E-state index in [-0.39, 0.29) is 17.9 Å². The van der Waals surface area contributed by atoms with Crippen molar-refractivity contribution in [2.24, 2.45) is 4.99 Å². The first-order chi connectivity index (χ1) is 13.7. The Morgan fingerprint density at radius 1 is 1.24 bits per heavy atom. The fraction of sp³-hybridized carbons (Fsp3) is 0.273. The first-order valence-electron chi connectivity index (χ1n) is 9.25. The van der Waals surface area contributed by atoms with E-state index in [0.717, 1.165) is 27.5 Å². The highest BCUT2D eigenvalue weighted by atomic mass is 32.2. The van der Waals surface area contributed by atoms with E-state index >= 15 is 0 Å². The van der Waals surface area contributed by atoms with Gasteiger partial charge in [0, 0.05) is 39.0 Å². The van der Waals surface area contributed by atoms with Crippen molar-refractivity contribution in [3.8, 4) is 5.69 Å². The Balaban J connectivity index is 2.01. The molecule has 29 heavy (non-hydrogen) atoms. The Morgan fingerprint density at radius 2 is 1.90 bits per heavy atom. The predicted molar refractivity (Wildman–Crippen MR) is 115 cm³/mol. The lowest BCUT2D eigenvalue weighted by molar-refractivity contribution is -0.138. The van der Waals surface area contributed by atoms with E-state index in [1.807, 2.05) is 44.2 Å². The minimum Gasteiger partial charge on any atom is -0.505 e. The number of aliphatic hydroxyl groups excluding tert-OH is 1. The van der Waals surface area contributed by atoms with Crippen LogP contribution in [0.4, 0.5) is 0 Å². The van der Waals surface area contributed by atoms with E-state index in [4.69, 9.17) is 4.74 Å². The highest BCUT2D eigenvalue weighted by molar-refractivity contribution is 7.84. The number of rotatable bonds is 5. The zero-order valence-corrected chi connectivity index (χ0v) is 18.0. The van der Waals surface area contributed by atoms with Crippen molar-refractivity contribution in [3.05, 3.63) is 64.3 Å². The van der Waals surface area contributed by atoms with Gasteiger partial charge in [0.25, 0.3) is 0 Å². The maximum Gasteiger partial charge on any atom is 0.343 e. The van der Waals surface area contributed by atoms with Crippen LogP contribution < -0.4 is 0 Å². The molecule has 0 fully saturated rings. The molecule has 3 rings (SSSR count). The van der Waals surface area contributed by atoms with E-state index in [2.05, 4.69) is 9.56 Å². The summed E-state index contributed by atoms with van der Waals surface area (Å²) in [6.45, 7) is 7.58. The van der Waals surface area contributed by atoms with Crippen LogP contribution in [-0.4, -0.2) is 38.4 Å². The molecule has 0 amide bonds. The summed E-state index contributed by atoms with van der Waals surface area (Å²) in [5.41, 5.74) is 4.69. The van der Waals surface area contributed by atoms with Gasteiger partial charge in [0.05, 0.1) is 12.3 Å². The normalized spacial score (nSPS) is 16.3. The summed E-state index contributed by atoms with van der Waals surface area (Å²) < 4.78 is 18.7. The van der Waals surface area contributed by atoms with Crippen LogP contribution in [0.15, 0.2) is 57.2 Å². The van der Waals surface area contributed by atoms with Crippen LogP contribution in [0.2, 0.25) is 0 Å². The number of carbonyl (C=O) groups excluding carboxylic acids is 1. The lowest BCUT2D eigenvalue weighted by Gasteiger charge is -2.10. The molecule has 0 saturated heterocycles. The second-order valence-corrected chi connectivity index (χ2v) is 8.16. The van der Waals surface area contributed by atoms with Crippen molar-refractivity contribution in [2.75, 3.05) is 12.9 Å². The van der Waals surface area contributed by atoms with Gasteiger partial charge in [-0.2, -0.15) is 0 Å². The highest BCUT2D eigenvalue weighted by Crippen LogP contribution is 2.29. The summed E-state index contributed by atoms with van der Waals surface area (Å²) in [7, 11) is -1.02. The molecule has 2 aromatic rings. The van der Waals surface area contributed by atoms with E-state index in [1.54, 1.807) is 26.2 Å². The van der Waals surface area contributed by atoms with Gasteiger partial charge in [-0.1, -0.05) is 0 Å². The Morgan fingerprint density at radius 3 is 2.48 bits per heavy atom. The zero-order chi connectivity index (χ0) is 21.3. The zero-order valence-electron chi connectivity index (χ0n) is 17.1. The Kier molecular flexibility index (Phi) is 5.88. The third-order valence-electron chi connectivity index (χ3n) is 4.80. The molecule has 7 heteroatoms. The highest BCUT2D eigenvalue weighted by Gasteiger charge is 2.28. The SMILES string of the molecule is CCOC(=O)C1=C(O)/C(=C\c2cc(C)n(-c3ccc(S(C)=O)cc3)c2C)N=C1C. The number of carbonyl (C=O) groups is 1. The number of aromatic nitrogens is 1. The van der Waals surface area contributed by atoms with Gasteiger partial charge in [0.2, 0.25) is 0 Å². The van der Waals surface area contributed by atoms with Crippen molar-refractivity contribution in [1.29, 1.82) is 0 Å². The number of aliphatic hydroxyl groups is 1. The molecule has 0 saturated carbocycles. The summed E-state index contributed by atoms with van der Waals surface area (Å²) in [6.07, 6.45) is 3.42. The molecule has 2 heterocycles. The van der Waals surface area contributed by atoms with Gasteiger partial charge < -0.3 is 14.4 Å². The molecular weight excluding hydrogens is 388 g/mol. The van der Waals surface area contributed by atoms with Crippen LogP contribution in [0.3, 0.4) is 0 Å². The van der Waals surface area contributed by atoms with Gasteiger partial charge in [-0.25, -0.2) is 9.79 Å². The van der Waals surface area contributed by atoms with Crippen LogP contribution in [0.1, 0.15) is 30.8 Å². The van der Waals surface area contributed by atoms with Gasteiger partial charge in [0.1, 0.15) is 11.3 Å². The first-order valence-corrected chi connectivity index (χ1v) is 10.8. The second-order valence-electron chi connectivity index (χ2n) is 6.78. The molecule has 0 bridgehead atoms. The molecule has 1 aromatic heterocycles. The average molecular weight is 413 g/mol. The maximum absolute atomic E-state index is 12.1. The van der Waals surface area contributed by atoms with Crippen molar-refractivity contribution >= 4 is 28.6 Å². The third kappa shape index (κ3) is 3.96. The molecule has 0 aliphatic carbocycles. The Labute approximate surface area is 172 Å². The van der Waals surface area contributed by atoms with Gasteiger partial charge in [-0.05, 0) is 69.7 Å². The largest absolute Gasteiger partial charge is 0.505 e. The topological polar surface area (TPSA) is 80.9 Å². The number of hydrogen-bond acceptors (Lipinski definition) is 5. The average Bonchev–Trinajstić information content (AvgIpc) is 3.10. The van der Waals surface area contributed by atoms with Crippen molar-refractivity contribution in [3.63, 3.8) is 0 Å². The molecule has 1 aliphatic heterocycles. The van der Waals surface area contributed by atoms with E-state index in [9.17, 15) is 14.1 Å². The number of nitrogens with zero attached hydrogens (tertiary/aromatic N) is 2. The first kappa shape index (κ1) is 20.8. The molecule has 1 atom stereocenters. The van der Waals surface area contributed by atoms with Crippen LogP contribution in [0.25, 0.3) is 11.8 Å². The fourth-order valence-electron chi connectivity index (χ4n) is 3.40. The number of esters is 1. The van der Waals surface area contributed by atoms with Gasteiger partial charge in [-0.3, -0.25) is 4.21 Å². The minimum atomic E-state index is -1.02. The third-order valence-corrected chi connectivity index (χ3v) is 5.73. The van der Waals surface area contributed by atoms with E-state index in [1.165, 1.54) is 0 Å². The summed E-state index contributed by atoms with van der Waals surface area (Å²) in [5.74, 6) is -0.742. The Hall–Kier alpha value is -2.93. The van der Waals surface area contributed by atoms with Gasteiger partial charge >= 0.3 is 5.97 Å². The molecule has 1 unspecified atom stereocenters. The Bertz CT molecular complexity index is 1090. The molecule has 1 aromatic carbocycles. The molecular formula is C22H24N2O4S. The number of aliphatic imine (C=N–C) groups is 1. The molecule has 6 nitrogen and oxygen atoms in total.